The van der Waals surface area contributed by atoms with Crippen molar-refractivity contribution in [2.45, 2.75) is 26.3 Å². The van der Waals surface area contributed by atoms with Gasteiger partial charge in [0.15, 0.2) is 0 Å². The van der Waals surface area contributed by atoms with Gasteiger partial charge in [0.25, 0.3) is 0 Å². The molecular formula is C18H21FN2O. The Morgan fingerprint density at radius 3 is 2.45 bits per heavy atom. The zero-order valence-electron chi connectivity index (χ0n) is 13.1. The third kappa shape index (κ3) is 4.32. The summed E-state index contributed by atoms with van der Waals surface area (Å²) in [6.07, 6.45) is 0. The van der Waals surface area contributed by atoms with E-state index in [1.165, 1.54) is 22.6 Å². The molecule has 4 heteroatoms. The highest BCUT2D eigenvalue weighted by Crippen LogP contribution is 2.17. The number of anilines is 1. The second kappa shape index (κ2) is 7.07. The third-order valence-corrected chi connectivity index (χ3v) is 3.48. The molecular weight excluding hydrogens is 279 g/mol. The lowest BCUT2D eigenvalue weighted by atomic mass is 10.0. The van der Waals surface area contributed by atoms with Crippen molar-refractivity contribution in [1.82, 2.24) is 4.90 Å². The number of hydrogen-bond acceptors (Lipinski definition) is 1. The van der Waals surface area contributed by atoms with Crippen molar-refractivity contribution in [2.75, 3.05) is 12.4 Å². The van der Waals surface area contributed by atoms with Gasteiger partial charge in [-0.3, -0.25) is 0 Å². The summed E-state index contributed by atoms with van der Waals surface area (Å²) in [6, 6.07) is 13.8. The Morgan fingerprint density at radius 2 is 1.86 bits per heavy atom. The van der Waals surface area contributed by atoms with Crippen LogP contribution in [0.4, 0.5) is 14.9 Å². The quantitative estimate of drug-likeness (QED) is 0.878. The molecule has 116 valence electrons. The number of amides is 2. The molecule has 0 aliphatic carbocycles. The van der Waals surface area contributed by atoms with E-state index in [0.29, 0.717) is 12.5 Å². The average Bonchev–Trinajstić information content (AvgIpc) is 2.47. The van der Waals surface area contributed by atoms with E-state index in [1.807, 2.05) is 24.3 Å². The molecule has 0 radical (unpaired) electrons. The minimum atomic E-state index is -0.296. The number of carbonyl (C=O) groups excluding carboxylic acids is 1. The summed E-state index contributed by atoms with van der Waals surface area (Å²) in [5.74, 6) is 0.163. The molecule has 0 aliphatic heterocycles. The van der Waals surface area contributed by atoms with Crippen LogP contribution in [0.25, 0.3) is 0 Å². The summed E-state index contributed by atoms with van der Waals surface area (Å²) in [6.45, 7) is 4.61. The van der Waals surface area contributed by atoms with Gasteiger partial charge < -0.3 is 10.2 Å². The highest BCUT2D eigenvalue weighted by atomic mass is 19.1. The highest BCUT2D eigenvalue weighted by Gasteiger charge is 2.10. The first-order chi connectivity index (χ1) is 10.5. The Morgan fingerprint density at radius 1 is 1.18 bits per heavy atom. The van der Waals surface area contributed by atoms with Gasteiger partial charge >= 0.3 is 6.03 Å². The molecule has 22 heavy (non-hydrogen) atoms. The smallest absolute Gasteiger partial charge is 0.321 e. The van der Waals surface area contributed by atoms with E-state index >= 15 is 0 Å². The molecule has 0 unspecified atom stereocenters. The first-order valence-corrected chi connectivity index (χ1v) is 7.32. The fraction of sp³-hybridized carbons (Fsp3) is 0.278. The standard InChI is InChI=1S/C18H21FN2O/c1-13(2)15-7-9-17(10-8-15)20-18(22)21(3)12-14-5-4-6-16(19)11-14/h4-11,13H,12H2,1-3H3,(H,20,22). The average molecular weight is 300 g/mol. The van der Waals surface area contributed by atoms with Crippen LogP contribution in [0, 0.1) is 5.82 Å². The molecule has 0 bridgehead atoms. The first-order valence-electron chi connectivity index (χ1n) is 7.32. The monoisotopic (exact) mass is 300 g/mol. The van der Waals surface area contributed by atoms with Gasteiger partial charge in [-0.1, -0.05) is 38.1 Å². The van der Waals surface area contributed by atoms with Crippen LogP contribution in [0.1, 0.15) is 30.9 Å². The molecule has 0 fully saturated rings. The van der Waals surface area contributed by atoms with E-state index in [-0.39, 0.29) is 11.8 Å². The molecule has 2 aromatic rings. The van der Waals surface area contributed by atoms with E-state index in [9.17, 15) is 9.18 Å². The van der Waals surface area contributed by atoms with Crippen molar-refractivity contribution >= 4 is 11.7 Å². The maximum absolute atomic E-state index is 13.1. The Hall–Kier alpha value is -2.36. The Balaban J connectivity index is 1.96. The molecule has 2 amide bonds. The Kier molecular flexibility index (Phi) is 5.15. The molecule has 2 aromatic carbocycles. The molecule has 0 heterocycles. The zero-order valence-corrected chi connectivity index (χ0v) is 13.1. The van der Waals surface area contributed by atoms with Gasteiger partial charge in [0.2, 0.25) is 0 Å². The molecule has 0 atom stereocenters. The number of benzene rings is 2. The summed E-state index contributed by atoms with van der Waals surface area (Å²) in [5.41, 5.74) is 2.74. The van der Waals surface area contributed by atoms with Crippen LogP contribution in [-0.4, -0.2) is 18.0 Å². The number of nitrogens with one attached hydrogen (secondary N) is 1. The number of carbonyl (C=O) groups is 1. The molecule has 0 saturated carbocycles. The molecule has 0 spiro atoms. The fourth-order valence-electron chi connectivity index (χ4n) is 2.15. The van der Waals surface area contributed by atoms with Gasteiger partial charge in [0, 0.05) is 19.3 Å². The van der Waals surface area contributed by atoms with E-state index in [1.54, 1.807) is 19.2 Å². The predicted molar refractivity (Wildman–Crippen MR) is 87.4 cm³/mol. The predicted octanol–water partition coefficient (Wildman–Crippen LogP) is 4.61. The van der Waals surface area contributed by atoms with E-state index in [2.05, 4.69) is 19.2 Å². The Bertz CT molecular complexity index is 638. The lowest BCUT2D eigenvalue weighted by Crippen LogP contribution is -2.30. The summed E-state index contributed by atoms with van der Waals surface area (Å²) < 4.78 is 13.1. The maximum atomic E-state index is 13.1. The first kappa shape index (κ1) is 16.0. The largest absolute Gasteiger partial charge is 0.323 e. The minimum Gasteiger partial charge on any atom is -0.323 e. The summed E-state index contributed by atoms with van der Waals surface area (Å²) in [4.78, 5) is 13.7. The lowest BCUT2D eigenvalue weighted by Gasteiger charge is -2.18. The molecule has 2 rings (SSSR count). The summed E-state index contributed by atoms with van der Waals surface area (Å²) in [7, 11) is 1.68. The van der Waals surface area contributed by atoms with Gasteiger partial charge in [-0.05, 0) is 41.3 Å². The van der Waals surface area contributed by atoms with E-state index in [0.717, 1.165) is 11.3 Å². The van der Waals surface area contributed by atoms with Crippen LogP contribution >= 0.6 is 0 Å². The van der Waals surface area contributed by atoms with Crippen molar-refractivity contribution in [2.24, 2.45) is 0 Å². The third-order valence-electron chi connectivity index (χ3n) is 3.48. The van der Waals surface area contributed by atoms with Crippen molar-refractivity contribution in [3.63, 3.8) is 0 Å². The molecule has 0 saturated heterocycles. The highest BCUT2D eigenvalue weighted by molar-refractivity contribution is 5.89. The van der Waals surface area contributed by atoms with Crippen LogP contribution in [0.5, 0.6) is 0 Å². The van der Waals surface area contributed by atoms with Crippen LogP contribution in [0.2, 0.25) is 0 Å². The lowest BCUT2D eigenvalue weighted by molar-refractivity contribution is 0.220. The summed E-state index contributed by atoms with van der Waals surface area (Å²) in [5, 5.41) is 2.84. The SMILES string of the molecule is CC(C)c1ccc(NC(=O)N(C)Cc2cccc(F)c2)cc1. The van der Waals surface area contributed by atoms with E-state index < -0.39 is 0 Å². The van der Waals surface area contributed by atoms with Crippen molar-refractivity contribution in [1.29, 1.82) is 0 Å². The van der Waals surface area contributed by atoms with Crippen LogP contribution < -0.4 is 5.32 Å². The van der Waals surface area contributed by atoms with Crippen molar-refractivity contribution in [3.8, 4) is 0 Å². The zero-order chi connectivity index (χ0) is 16.1. The number of hydrogen-bond donors (Lipinski definition) is 1. The normalized spacial score (nSPS) is 10.6. The molecule has 3 nitrogen and oxygen atoms in total. The van der Waals surface area contributed by atoms with Crippen LogP contribution in [0.3, 0.4) is 0 Å². The van der Waals surface area contributed by atoms with Gasteiger partial charge in [0.05, 0.1) is 0 Å². The van der Waals surface area contributed by atoms with Gasteiger partial charge in [-0.2, -0.15) is 0 Å². The number of urea groups is 1. The van der Waals surface area contributed by atoms with Gasteiger partial charge in [0.1, 0.15) is 5.82 Å². The van der Waals surface area contributed by atoms with Gasteiger partial charge in [-0.15, -0.1) is 0 Å². The Labute approximate surface area is 130 Å². The number of nitrogens with zero attached hydrogens (tertiary/aromatic N) is 1. The molecule has 1 N–H and O–H groups in total. The van der Waals surface area contributed by atoms with Gasteiger partial charge in [-0.25, -0.2) is 9.18 Å². The topological polar surface area (TPSA) is 32.3 Å². The minimum absolute atomic E-state index is 0.221. The summed E-state index contributed by atoms with van der Waals surface area (Å²) >= 11 is 0. The maximum Gasteiger partial charge on any atom is 0.321 e. The van der Waals surface area contributed by atoms with E-state index in [4.69, 9.17) is 0 Å². The van der Waals surface area contributed by atoms with Crippen molar-refractivity contribution < 1.29 is 9.18 Å². The van der Waals surface area contributed by atoms with Crippen LogP contribution in [-0.2, 0) is 6.54 Å². The molecule has 0 aromatic heterocycles. The van der Waals surface area contributed by atoms with Crippen molar-refractivity contribution in [3.05, 3.63) is 65.5 Å². The fourth-order valence-corrected chi connectivity index (χ4v) is 2.15. The second-order valence-corrected chi connectivity index (χ2v) is 5.69. The molecule has 0 aliphatic rings. The number of rotatable bonds is 4. The number of halogens is 1. The van der Waals surface area contributed by atoms with Crippen LogP contribution in [0.15, 0.2) is 48.5 Å². The second-order valence-electron chi connectivity index (χ2n) is 5.69.